The Morgan fingerprint density at radius 2 is 2.47 bits per heavy atom. The molecule has 0 aliphatic heterocycles. The summed E-state index contributed by atoms with van der Waals surface area (Å²) < 4.78 is 0. The fraction of sp³-hybridized carbons (Fsp3) is 0.143. The molecule has 0 aromatic carbocycles. The Morgan fingerprint density at radius 3 is 2.93 bits per heavy atom. The Balaban J connectivity index is 2.71. The van der Waals surface area contributed by atoms with E-state index in [1.807, 2.05) is 0 Å². The molecule has 0 aliphatic rings. The van der Waals surface area contributed by atoms with Crippen LogP contribution < -0.4 is 11.5 Å². The highest BCUT2D eigenvalue weighted by Crippen LogP contribution is 2.11. The van der Waals surface area contributed by atoms with E-state index in [2.05, 4.69) is 15.0 Å². The lowest BCUT2D eigenvalue weighted by molar-refractivity contribution is -0.122. The number of nitrogens with zero attached hydrogens (tertiary/aromatic N) is 2. The predicted octanol–water partition coefficient (Wildman–Crippen LogP) is -0.959. The average Bonchev–Trinajstić information content (AvgIpc) is 2.59. The normalized spacial score (nSPS) is 11.1. The van der Waals surface area contributed by atoms with E-state index in [9.17, 15) is 9.59 Å². The number of nitrogen functional groups attached to an aromatic ring is 1. The number of rotatable bonds is 5. The number of oxime groups is 1. The molecule has 1 aromatic rings. The predicted molar refractivity (Wildman–Crippen MR) is 53.9 cm³/mol. The van der Waals surface area contributed by atoms with Gasteiger partial charge in [0, 0.05) is 5.38 Å². The van der Waals surface area contributed by atoms with Crippen molar-refractivity contribution in [3.63, 3.8) is 0 Å². The van der Waals surface area contributed by atoms with Crippen molar-refractivity contribution in [3.05, 3.63) is 11.1 Å². The molecular weight excluding hydrogens is 220 g/mol. The number of carbonyl (C=O) groups excluding carboxylic acids is 2. The molecule has 0 fully saturated rings. The van der Waals surface area contributed by atoms with Crippen molar-refractivity contribution >= 4 is 34.4 Å². The molecular formula is C7H7N4O3S. The number of primary amides is 1. The first-order chi connectivity index (χ1) is 7.13. The molecule has 0 unspecified atom stereocenters. The van der Waals surface area contributed by atoms with Crippen LogP contribution in [0, 0.1) is 0 Å². The van der Waals surface area contributed by atoms with Crippen LogP contribution in [0.1, 0.15) is 5.69 Å². The minimum Gasteiger partial charge on any atom is -0.385 e. The maximum absolute atomic E-state index is 10.5. The summed E-state index contributed by atoms with van der Waals surface area (Å²) >= 11 is 1.15. The van der Waals surface area contributed by atoms with Gasteiger partial charge in [0.05, 0.1) is 0 Å². The van der Waals surface area contributed by atoms with Gasteiger partial charge in [-0.3, -0.25) is 9.59 Å². The maximum Gasteiger partial charge on any atom is 0.259 e. The largest absolute Gasteiger partial charge is 0.385 e. The van der Waals surface area contributed by atoms with Gasteiger partial charge in [0.15, 0.2) is 17.5 Å². The summed E-state index contributed by atoms with van der Waals surface area (Å²) in [7, 11) is 0. The third-order valence-electron chi connectivity index (χ3n) is 1.22. The topological polar surface area (TPSA) is 121 Å². The molecule has 1 radical (unpaired) electrons. The standard InChI is InChI=1S/C7H7N4O3S/c8-6(13)2-14-11-4(1-12)5-3-15-7(9)10-5/h3H,2H2,(H2,8,13)(H2,9,10)/b11-4+. The van der Waals surface area contributed by atoms with Crippen molar-refractivity contribution in [2.24, 2.45) is 10.9 Å². The SMILES string of the molecule is NC(=O)CO/N=C(\[C]=O)c1csc(N)n1. The number of carbonyl (C=O) groups is 1. The van der Waals surface area contributed by atoms with E-state index in [0.717, 1.165) is 11.3 Å². The zero-order valence-electron chi connectivity index (χ0n) is 7.47. The molecule has 1 heterocycles. The zero-order chi connectivity index (χ0) is 11.3. The van der Waals surface area contributed by atoms with Crippen molar-refractivity contribution in [2.75, 3.05) is 12.3 Å². The Labute approximate surface area is 88.7 Å². The summed E-state index contributed by atoms with van der Waals surface area (Å²) in [6.07, 6.45) is 1.52. The van der Waals surface area contributed by atoms with Crippen LogP contribution in [-0.4, -0.2) is 29.5 Å². The highest BCUT2D eigenvalue weighted by Gasteiger charge is 2.08. The molecule has 1 aromatic heterocycles. The number of thiazole rings is 1. The first kappa shape index (κ1) is 11.1. The minimum atomic E-state index is -0.693. The van der Waals surface area contributed by atoms with Gasteiger partial charge in [0.2, 0.25) is 0 Å². The second kappa shape index (κ2) is 5.05. The Hall–Kier alpha value is -1.96. The molecule has 0 atom stereocenters. The number of hydrogen-bond donors (Lipinski definition) is 2. The Morgan fingerprint density at radius 1 is 1.73 bits per heavy atom. The lowest BCUT2D eigenvalue weighted by Crippen LogP contribution is -2.17. The van der Waals surface area contributed by atoms with Crippen LogP contribution in [0.2, 0.25) is 0 Å². The van der Waals surface area contributed by atoms with Crippen LogP contribution >= 0.6 is 11.3 Å². The first-order valence-electron chi connectivity index (χ1n) is 3.71. The van der Waals surface area contributed by atoms with E-state index in [4.69, 9.17) is 11.5 Å². The number of nitrogens with two attached hydrogens (primary N) is 2. The molecule has 1 rings (SSSR count). The van der Waals surface area contributed by atoms with Gasteiger partial charge < -0.3 is 16.3 Å². The van der Waals surface area contributed by atoms with E-state index in [1.54, 1.807) is 0 Å². The van der Waals surface area contributed by atoms with Gasteiger partial charge in [0.25, 0.3) is 12.2 Å². The average molecular weight is 227 g/mol. The second-order valence-corrected chi connectivity index (χ2v) is 3.24. The minimum absolute atomic E-state index is 0.163. The van der Waals surface area contributed by atoms with Gasteiger partial charge in [-0.1, -0.05) is 5.16 Å². The van der Waals surface area contributed by atoms with E-state index in [0.29, 0.717) is 5.13 Å². The van der Waals surface area contributed by atoms with E-state index < -0.39 is 12.5 Å². The van der Waals surface area contributed by atoms with Crippen LogP contribution in [0.25, 0.3) is 0 Å². The highest BCUT2D eigenvalue weighted by molar-refractivity contribution is 7.13. The molecule has 7 nitrogen and oxygen atoms in total. The van der Waals surface area contributed by atoms with E-state index in [1.165, 1.54) is 11.7 Å². The number of aromatic nitrogens is 1. The number of amides is 1. The Bertz CT molecular complexity index is 401. The highest BCUT2D eigenvalue weighted by atomic mass is 32.1. The number of hydrogen-bond acceptors (Lipinski definition) is 7. The van der Waals surface area contributed by atoms with Crippen molar-refractivity contribution in [3.8, 4) is 0 Å². The summed E-state index contributed by atoms with van der Waals surface area (Å²) in [5.74, 6) is -0.693. The maximum atomic E-state index is 10.5. The van der Waals surface area contributed by atoms with Crippen molar-refractivity contribution in [1.29, 1.82) is 0 Å². The van der Waals surface area contributed by atoms with E-state index in [-0.39, 0.29) is 11.4 Å². The van der Waals surface area contributed by atoms with Crippen LogP contribution in [0.3, 0.4) is 0 Å². The lowest BCUT2D eigenvalue weighted by atomic mass is 10.3. The first-order valence-corrected chi connectivity index (χ1v) is 4.59. The van der Waals surface area contributed by atoms with Crippen molar-refractivity contribution in [2.45, 2.75) is 0 Å². The van der Waals surface area contributed by atoms with Crippen molar-refractivity contribution < 1.29 is 14.4 Å². The van der Waals surface area contributed by atoms with E-state index >= 15 is 0 Å². The van der Waals surface area contributed by atoms with Crippen molar-refractivity contribution in [1.82, 2.24) is 4.98 Å². The smallest absolute Gasteiger partial charge is 0.259 e. The van der Waals surface area contributed by atoms with Crippen LogP contribution in [0.4, 0.5) is 5.13 Å². The van der Waals surface area contributed by atoms with Gasteiger partial charge in [-0.05, 0) is 0 Å². The zero-order valence-corrected chi connectivity index (χ0v) is 8.28. The summed E-state index contributed by atoms with van der Waals surface area (Å²) in [4.78, 5) is 29.0. The molecule has 0 bridgehead atoms. The molecule has 0 saturated heterocycles. The quantitative estimate of drug-likeness (QED) is 0.495. The van der Waals surface area contributed by atoms with Crippen LogP contribution in [-0.2, 0) is 14.4 Å². The fourth-order valence-corrected chi connectivity index (χ4v) is 1.22. The molecule has 0 aliphatic carbocycles. The van der Waals surface area contributed by atoms with Gasteiger partial charge >= 0.3 is 0 Å². The summed E-state index contributed by atoms with van der Waals surface area (Å²) in [6, 6.07) is 0. The monoisotopic (exact) mass is 227 g/mol. The number of anilines is 1. The molecule has 15 heavy (non-hydrogen) atoms. The van der Waals surface area contributed by atoms with Gasteiger partial charge in [-0.25, -0.2) is 4.98 Å². The molecule has 8 heteroatoms. The molecule has 0 saturated carbocycles. The Kier molecular flexibility index (Phi) is 3.75. The van der Waals surface area contributed by atoms with Gasteiger partial charge in [0.1, 0.15) is 5.69 Å². The van der Waals surface area contributed by atoms with Gasteiger partial charge in [-0.2, -0.15) is 0 Å². The van der Waals surface area contributed by atoms with Gasteiger partial charge in [-0.15, -0.1) is 11.3 Å². The second-order valence-electron chi connectivity index (χ2n) is 2.35. The summed E-state index contributed by atoms with van der Waals surface area (Å²) in [5, 5.41) is 5.16. The molecule has 1 amide bonds. The lowest BCUT2D eigenvalue weighted by Gasteiger charge is -1.95. The third kappa shape index (κ3) is 3.35. The summed E-state index contributed by atoms with van der Waals surface area (Å²) in [6.45, 7) is -0.412. The molecule has 79 valence electrons. The molecule has 0 spiro atoms. The third-order valence-corrected chi connectivity index (χ3v) is 1.90. The van der Waals surface area contributed by atoms with Crippen LogP contribution in [0.15, 0.2) is 10.5 Å². The summed E-state index contributed by atoms with van der Waals surface area (Å²) in [5.41, 5.74) is 10.2. The van der Waals surface area contributed by atoms with Crippen LogP contribution in [0.5, 0.6) is 0 Å². The molecule has 4 N–H and O–H groups in total. The fourth-order valence-electron chi connectivity index (χ4n) is 0.675.